The zero-order valence-corrected chi connectivity index (χ0v) is 14.9. The van der Waals surface area contributed by atoms with Crippen LogP contribution in [0.25, 0.3) is 0 Å². The van der Waals surface area contributed by atoms with Crippen LogP contribution in [0.3, 0.4) is 0 Å². The van der Waals surface area contributed by atoms with Gasteiger partial charge in [0.2, 0.25) is 0 Å². The molecule has 138 valence electrons. The van der Waals surface area contributed by atoms with Crippen LogP contribution in [0.15, 0.2) is 24.3 Å². The lowest BCUT2D eigenvalue weighted by atomic mass is 9.85. The summed E-state index contributed by atoms with van der Waals surface area (Å²) in [5.74, 6) is 0.191. The number of benzene rings is 1. The number of carbonyl (C=O) groups excluding carboxylic acids is 1. The molecule has 1 aliphatic heterocycles. The summed E-state index contributed by atoms with van der Waals surface area (Å²) in [6.07, 6.45) is 7.71. The van der Waals surface area contributed by atoms with E-state index in [0.29, 0.717) is 18.4 Å². The Hall–Kier alpha value is -1.59. The molecule has 1 saturated carbocycles. The highest BCUT2D eigenvalue weighted by molar-refractivity contribution is 5.94. The Balaban J connectivity index is 1.45. The van der Waals surface area contributed by atoms with Gasteiger partial charge in [-0.15, -0.1) is 0 Å². The van der Waals surface area contributed by atoms with Crippen LogP contribution in [0.1, 0.15) is 51.4 Å². The van der Waals surface area contributed by atoms with Crippen molar-refractivity contribution in [3.05, 3.63) is 24.3 Å². The van der Waals surface area contributed by atoms with Crippen LogP contribution in [0, 0.1) is 5.92 Å². The van der Waals surface area contributed by atoms with Crippen LogP contribution in [-0.2, 0) is 9.53 Å². The summed E-state index contributed by atoms with van der Waals surface area (Å²) in [4.78, 5) is 12.2. The third-order valence-electron chi connectivity index (χ3n) is 5.33. The van der Waals surface area contributed by atoms with E-state index in [-0.39, 0.29) is 5.91 Å². The number of nitrogens with one attached hydrogen (secondary N) is 2. The van der Waals surface area contributed by atoms with Crippen LogP contribution in [0.4, 0.5) is 11.4 Å². The number of carbonyl (C=O) groups is 1. The zero-order chi connectivity index (χ0) is 17.5. The van der Waals surface area contributed by atoms with Crippen molar-refractivity contribution in [2.24, 2.45) is 5.92 Å². The lowest BCUT2D eigenvalue weighted by Crippen LogP contribution is -2.30. The van der Waals surface area contributed by atoms with Crippen molar-refractivity contribution in [2.45, 2.75) is 63.5 Å². The van der Waals surface area contributed by atoms with Gasteiger partial charge in [0.15, 0.2) is 0 Å². The Kier molecular flexibility index (Phi) is 6.70. The van der Waals surface area contributed by atoms with Gasteiger partial charge in [-0.2, -0.15) is 0 Å². The largest absolute Gasteiger partial charge is 0.383 e. The summed E-state index contributed by atoms with van der Waals surface area (Å²) in [6, 6.07) is 8.16. The summed E-state index contributed by atoms with van der Waals surface area (Å²) in [6.45, 7) is 1.62. The number of amides is 1. The van der Waals surface area contributed by atoms with Crippen molar-refractivity contribution >= 4 is 17.3 Å². The molecule has 2 aliphatic rings. The van der Waals surface area contributed by atoms with E-state index in [9.17, 15) is 9.90 Å². The topological polar surface area (TPSA) is 70.6 Å². The van der Waals surface area contributed by atoms with E-state index < -0.39 is 6.10 Å². The van der Waals surface area contributed by atoms with Crippen molar-refractivity contribution in [1.82, 2.24) is 0 Å². The minimum atomic E-state index is -0.914. The smallest absolute Gasteiger partial charge is 0.253 e. The number of ether oxygens (including phenoxy) is 1. The van der Waals surface area contributed by atoms with Crippen molar-refractivity contribution in [3.63, 3.8) is 0 Å². The van der Waals surface area contributed by atoms with Gasteiger partial charge in [0.1, 0.15) is 6.10 Å². The van der Waals surface area contributed by atoms with E-state index in [1.165, 1.54) is 19.3 Å². The number of rotatable bonds is 6. The van der Waals surface area contributed by atoms with E-state index in [4.69, 9.17) is 4.74 Å². The molecule has 1 saturated heterocycles. The van der Waals surface area contributed by atoms with Gasteiger partial charge in [-0.25, -0.2) is 0 Å². The van der Waals surface area contributed by atoms with Crippen molar-refractivity contribution in [1.29, 1.82) is 0 Å². The number of hydrogen-bond donors (Lipinski definition) is 3. The fraction of sp³-hybridized carbons (Fsp3) is 0.650. The van der Waals surface area contributed by atoms with Crippen LogP contribution >= 0.6 is 0 Å². The third-order valence-corrected chi connectivity index (χ3v) is 5.33. The number of anilines is 2. The van der Waals surface area contributed by atoms with Crippen molar-refractivity contribution in [2.75, 3.05) is 23.8 Å². The lowest BCUT2D eigenvalue weighted by Gasteiger charge is -2.24. The molecule has 3 N–H and O–H groups in total. The molecule has 0 spiro atoms. The molecule has 5 heteroatoms. The fourth-order valence-corrected chi connectivity index (χ4v) is 3.80. The highest BCUT2D eigenvalue weighted by Crippen LogP contribution is 2.27. The Morgan fingerprint density at radius 3 is 2.36 bits per heavy atom. The minimum absolute atomic E-state index is 0.296. The second-order valence-corrected chi connectivity index (χ2v) is 7.35. The molecule has 0 bridgehead atoms. The Labute approximate surface area is 150 Å². The molecule has 5 nitrogen and oxygen atoms in total. The highest BCUT2D eigenvalue weighted by atomic mass is 16.5. The van der Waals surface area contributed by atoms with Crippen molar-refractivity contribution < 1.29 is 14.6 Å². The molecular formula is C20H30N2O3. The van der Waals surface area contributed by atoms with Gasteiger partial charge in [0.05, 0.1) is 0 Å². The van der Waals surface area contributed by atoms with Crippen molar-refractivity contribution in [3.8, 4) is 0 Å². The standard InChI is InChI=1S/C20H30N2O3/c23-19(14-15-4-2-1-3-5-15)20(24)22-17-8-6-16(7-9-17)21-18-10-12-25-13-11-18/h6-9,15,18-19,21,23H,1-5,10-14H2,(H,22,24)/t19-/m0/s1. The van der Waals surface area contributed by atoms with Gasteiger partial charge in [0.25, 0.3) is 5.91 Å². The van der Waals surface area contributed by atoms with E-state index >= 15 is 0 Å². The van der Waals surface area contributed by atoms with Crippen LogP contribution in [-0.4, -0.2) is 36.4 Å². The maximum Gasteiger partial charge on any atom is 0.253 e. The Bertz CT molecular complexity index is 534. The molecule has 3 rings (SSSR count). The predicted molar refractivity (Wildman–Crippen MR) is 99.7 cm³/mol. The molecule has 25 heavy (non-hydrogen) atoms. The Morgan fingerprint density at radius 2 is 1.68 bits per heavy atom. The second-order valence-electron chi connectivity index (χ2n) is 7.35. The minimum Gasteiger partial charge on any atom is -0.383 e. The van der Waals surface area contributed by atoms with E-state index in [2.05, 4.69) is 10.6 Å². The highest BCUT2D eigenvalue weighted by Gasteiger charge is 2.22. The van der Waals surface area contributed by atoms with Gasteiger partial charge in [0, 0.05) is 30.6 Å². The summed E-state index contributed by atoms with van der Waals surface area (Å²) < 4.78 is 5.37. The Morgan fingerprint density at radius 1 is 1.04 bits per heavy atom. The number of aliphatic hydroxyl groups is 1. The van der Waals surface area contributed by atoms with Crippen LogP contribution < -0.4 is 10.6 Å². The van der Waals surface area contributed by atoms with Crippen LogP contribution in [0.2, 0.25) is 0 Å². The fourth-order valence-electron chi connectivity index (χ4n) is 3.80. The zero-order valence-electron chi connectivity index (χ0n) is 14.9. The quantitative estimate of drug-likeness (QED) is 0.737. The molecule has 2 fully saturated rings. The molecule has 0 unspecified atom stereocenters. The van der Waals surface area contributed by atoms with E-state index in [1.807, 2.05) is 24.3 Å². The summed E-state index contributed by atoms with van der Waals surface area (Å²) in [5.41, 5.74) is 1.78. The van der Waals surface area contributed by atoms with Crippen LogP contribution in [0.5, 0.6) is 0 Å². The van der Waals surface area contributed by atoms with Gasteiger partial charge < -0.3 is 20.5 Å². The van der Waals surface area contributed by atoms with Gasteiger partial charge >= 0.3 is 0 Å². The normalized spacial score (nSPS) is 20.8. The summed E-state index contributed by atoms with van der Waals surface area (Å²) in [7, 11) is 0. The number of aliphatic hydroxyl groups excluding tert-OH is 1. The van der Waals surface area contributed by atoms with E-state index in [1.54, 1.807) is 0 Å². The van der Waals surface area contributed by atoms with Gasteiger partial charge in [-0.05, 0) is 49.4 Å². The lowest BCUT2D eigenvalue weighted by molar-refractivity contribution is -0.125. The number of hydrogen-bond acceptors (Lipinski definition) is 4. The van der Waals surface area contributed by atoms with Gasteiger partial charge in [-0.3, -0.25) is 4.79 Å². The molecule has 0 radical (unpaired) electrons. The molecule has 0 aromatic heterocycles. The molecule has 1 heterocycles. The molecular weight excluding hydrogens is 316 g/mol. The monoisotopic (exact) mass is 346 g/mol. The first-order valence-corrected chi connectivity index (χ1v) is 9.64. The first-order valence-electron chi connectivity index (χ1n) is 9.64. The summed E-state index contributed by atoms with van der Waals surface area (Å²) >= 11 is 0. The van der Waals surface area contributed by atoms with Gasteiger partial charge in [-0.1, -0.05) is 32.1 Å². The molecule has 1 aromatic rings. The molecule has 1 aromatic carbocycles. The SMILES string of the molecule is O=C(Nc1ccc(NC2CCOCC2)cc1)[C@@H](O)CC1CCCCC1. The molecule has 1 amide bonds. The maximum atomic E-state index is 12.2. The first-order chi connectivity index (χ1) is 12.2. The molecule has 1 aliphatic carbocycles. The predicted octanol–water partition coefficient (Wildman–Crippen LogP) is 3.55. The first kappa shape index (κ1) is 18.2. The van der Waals surface area contributed by atoms with E-state index in [0.717, 1.165) is 50.3 Å². The molecule has 1 atom stereocenters. The average molecular weight is 346 g/mol. The summed E-state index contributed by atoms with van der Waals surface area (Å²) in [5, 5.41) is 16.5. The maximum absolute atomic E-state index is 12.2. The third kappa shape index (κ3) is 5.72. The second kappa shape index (κ2) is 9.20. The average Bonchev–Trinajstić information content (AvgIpc) is 2.65.